The van der Waals surface area contributed by atoms with Gasteiger partial charge in [0.05, 0.1) is 6.04 Å². The molecule has 2 heterocycles. The minimum atomic E-state index is -1.14. The maximum atomic E-state index is 13.9. The van der Waals surface area contributed by atoms with Crippen molar-refractivity contribution in [1.82, 2.24) is 15.1 Å². The average Bonchev–Trinajstić information content (AvgIpc) is 2.88. The molecule has 8 heteroatoms. The third-order valence-electron chi connectivity index (χ3n) is 9.46. The van der Waals surface area contributed by atoms with Crippen LogP contribution in [0, 0.1) is 17.3 Å². The number of likely N-dealkylation sites (tertiary alicyclic amines) is 1. The normalized spacial score (nSPS) is 26.0. The van der Waals surface area contributed by atoms with Crippen LogP contribution >= 0.6 is 0 Å². The van der Waals surface area contributed by atoms with Crippen molar-refractivity contribution >= 4 is 12.0 Å². The SMILES string of the molecule is CC(C)[C@@H](CN1CC[C@@](C)(c2cccc(O)c2)[C@@H](C)C1)NC(=O)[C@H]1Cc2ccc(O)cc2C(C(C)(C)C)N1C(=O)O. The molecule has 0 saturated carbocycles. The van der Waals surface area contributed by atoms with Gasteiger partial charge in [-0.3, -0.25) is 9.69 Å². The van der Waals surface area contributed by atoms with E-state index in [1.807, 2.05) is 32.9 Å². The van der Waals surface area contributed by atoms with Crippen molar-refractivity contribution < 1.29 is 24.9 Å². The Morgan fingerprint density at radius 2 is 1.78 bits per heavy atom. The number of piperidine rings is 1. The van der Waals surface area contributed by atoms with E-state index in [-0.39, 0.29) is 41.2 Å². The van der Waals surface area contributed by atoms with Crippen LogP contribution in [-0.4, -0.2) is 68.8 Å². The number of carbonyl (C=O) groups is 2. The summed E-state index contributed by atoms with van der Waals surface area (Å²) in [5.41, 5.74) is 2.23. The molecular formula is C33H47N3O5. The summed E-state index contributed by atoms with van der Waals surface area (Å²) in [5, 5.41) is 33.8. The monoisotopic (exact) mass is 565 g/mol. The molecule has 5 atom stereocenters. The van der Waals surface area contributed by atoms with E-state index in [0.29, 0.717) is 12.5 Å². The summed E-state index contributed by atoms with van der Waals surface area (Å²) in [4.78, 5) is 30.2. The first kappa shape index (κ1) is 30.7. The average molecular weight is 566 g/mol. The Morgan fingerprint density at radius 1 is 1.10 bits per heavy atom. The summed E-state index contributed by atoms with van der Waals surface area (Å²) in [5.74, 6) is 0.573. The van der Waals surface area contributed by atoms with Crippen molar-refractivity contribution in [2.45, 2.75) is 84.8 Å². The minimum absolute atomic E-state index is 0.0559. The second kappa shape index (κ2) is 11.6. The highest BCUT2D eigenvalue weighted by Gasteiger charge is 2.47. The van der Waals surface area contributed by atoms with Gasteiger partial charge in [-0.15, -0.1) is 0 Å². The van der Waals surface area contributed by atoms with Gasteiger partial charge in [0.1, 0.15) is 17.5 Å². The van der Waals surface area contributed by atoms with E-state index < -0.39 is 23.6 Å². The van der Waals surface area contributed by atoms with Gasteiger partial charge >= 0.3 is 6.09 Å². The first-order valence-corrected chi connectivity index (χ1v) is 14.8. The van der Waals surface area contributed by atoms with Crippen LogP contribution in [-0.2, 0) is 16.6 Å². The topological polar surface area (TPSA) is 113 Å². The summed E-state index contributed by atoms with van der Waals surface area (Å²) in [6.45, 7) is 17.0. The van der Waals surface area contributed by atoms with Crippen LogP contribution in [0.15, 0.2) is 42.5 Å². The highest BCUT2D eigenvalue weighted by Crippen LogP contribution is 2.45. The van der Waals surface area contributed by atoms with Crippen LogP contribution < -0.4 is 5.32 Å². The zero-order valence-corrected chi connectivity index (χ0v) is 25.5. The van der Waals surface area contributed by atoms with Gasteiger partial charge in [0.15, 0.2) is 0 Å². The van der Waals surface area contributed by atoms with E-state index in [9.17, 15) is 24.9 Å². The molecule has 0 spiro atoms. The van der Waals surface area contributed by atoms with Crippen molar-refractivity contribution in [2.75, 3.05) is 19.6 Å². The number of nitrogens with zero attached hydrogens (tertiary/aromatic N) is 2. The van der Waals surface area contributed by atoms with Gasteiger partial charge in [-0.1, -0.05) is 66.7 Å². The number of nitrogens with one attached hydrogen (secondary N) is 1. The molecule has 2 aromatic carbocycles. The molecule has 2 aliphatic rings. The molecule has 41 heavy (non-hydrogen) atoms. The number of hydrogen-bond acceptors (Lipinski definition) is 5. The molecule has 224 valence electrons. The van der Waals surface area contributed by atoms with E-state index in [1.165, 1.54) is 4.90 Å². The molecule has 2 aliphatic heterocycles. The molecule has 0 aromatic heterocycles. The molecule has 0 bridgehead atoms. The molecule has 8 nitrogen and oxygen atoms in total. The number of rotatable bonds is 6. The number of amides is 2. The van der Waals surface area contributed by atoms with Gasteiger partial charge in [0, 0.05) is 25.6 Å². The number of carbonyl (C=O) groups excluding carboxylic acids is 1. The molecule has 1 saturated heterocycles. The number of benzene rings is 2. The summed E-state index contributed by atoms with van der Waals surface area (Å²) in [7, 11) is 0. The number of hydrogen-bond donors (Lipinski definition) is 4. The quantitative estimate of drug-likeness (QED) is 0.366. The van der Waals surface area contributed by atoms with Crippen LogP contribution in [0.1, 0.15) is 77.6 Å². The van der Waals surface area contributed by atoms with Gasteiger partial charge in [-0.2, -0.15) is 0 Å². The van der Waals surface area contributed by atoms with Gasteiger partial charge in [-0.05, 0) is 76.6 Å². The second-order valence-corrected chi connectivity index (χ2v) is 13.8. The fourth-order valence-corrected chi connectivity index (χ4v) is 6.76. The highest BCUT2D eigenvalue weighted by atomic mass is 16.4. The minimum Gasteiger partial charge on any atom is -0.508 e. The summed E-state index contributed by atoms with van der Waals surface area (Å²) < 4.78 is 0. The maximum absolute atomic E-state index is 13.9. The maximum Gasteiger partial charge on any atom is 0.408 e. The van der Waals surface area contributed by atoms with Crippen LogP contribution in [0.3, 0.4) is 0 Å². The molecule has 4 N–H and O–H groups in total. The molecule has 4 rings (SSSR count). The van der Waals surface area contributed by atoms with E-state index in [2.05, 4.69) is 44.0 Å². The molecule has 2 aromatic rings. The van der Waals surface area contributed by atoms with Crippen LogP contribution in [0.2, 0.25) is 0 Å². The number of carboxylic acid groups (broad SMARTS) is 1. The van der Waals surface area contributed by atoms with Crippen LogP contribution in [0.5, 0.6) is 11.5 Å². The van der Waals surface area contributed by atoms with Crippen molar-refractivity contribution in [2.24, 2.45) is 17.3 Å². The van der Waals surface area contributed by atoms with Crippen molar-refractivity contribution in [3.8, 4) is 11.5 Å². The van der Waals surface area contributed by atoms with Crippen LogP contribution in [0.25, 0.3) is 0 Å². The fraction of sp³-hybridized carbons (Fsp3) is 0.576. The molecule has 0 radical (unpaired) electrons. The molecule has 1 unspecified atom stereocenters. The van der Waals surface area contributed by atoms with Gasteiger partial charge in [0.2, 0.25) is 5.91 Å². The zero-order chi connectivity index (χ0) is 30.3. The number of aromatic hydroxyl groups is 2. The lowest BCUT2D eigenvalue weighted by Gasteiger charge is -2.47. The summed E-state index contributed by atoms with van der Waals surface area (Å²) in [6.07, 6.45) is 0.0490. The van der Waals surface area contributed by atoms with E-state index >= 15 is 0 Å². The Kier molecular flexibility index (Phi) is 8.65. The Bertz CT molecular complexity index is 1270. The Labute approximate surface area is 244 Å². The number of phenolic OH excluding ortho intramolecular Hbond substituents is 2. The first-order chi connectivity index (χ1) is 19.1. The number of fused-ring (bicyclic) bond motifs is 1. The lowest BCUT2D eigenvalue weighted by molar-refractivity contribution is -0.129. The smallest absolute Gasteiger partial charge is 0.408 e. The van der Waals surface area contributed by atoms with Crippen LogP contribution in [0.4, 0.5) is 4.79 Å². The molecular weight excluding hydrogens is 518 g/mol. The third kappa shape index (κ3) is 6.32. The third-order valence-corrected chi connectivity index (χ3v) is 9.46. The Hall–Kier alpha value is -3.26. The standard InChI is InChI=1S/C33H47N3O5/c1-20(2)27(19-35-14-13-33(7,21(3)18-35)23-9-8-10-24(37)16-23)34-30(39)28-15-22-11-12-25(38)17-26(22)29(32(4,5)6)36(28)31(40)41/h8-12,16-17,20-21,27-29,37-38H,13-15,18-19H2,1-7H3,(H,34,39)(H,40,41)/t21-,27+,28+,29?,33+/m0/s1. The van der Waals surface area contributed by atoms with Crippen molar-refractivity contribution in [3.63, 3.8) is 0 Å². The molecule has 0 aliphatic carbocycles. The number of phenols is 2. The van der Waals surface area contributed by atoms with E-state index in [0.717, 1.165) is 36.2 Å². The summed E-state index contributed by atoms with van der Waals surface area (Å²) in [6, 6.07) is 11.0. The fourth-order valence-electron chi connectivity index (χ4n) is 6.76. The second-order valence-electron chi connectivity index (χ2n) is 13.8. The van der Waals surface area contributed by atoms with Gasteiger partial charge in [-0.25, -0.2) is 4.79 Å². The first-order valence-electron chi connectivity index (χ1n) is 14.8. The van der Waals surface area contributed by atoms with E-state index in [4.69, 9.17) is 0 Å². The Balaban J connectivity index is 1.52. The van der Waals surface area contributed by atoms with Crippen molar-refractivity contribution in [3.05, 3.63) is 59.2 Å². The highest BCUT2D eigenvalue weighted by molar-refractivity contribution is 5.87. The van der Waals surface area contributed by atoms with Crippen molar-refractivity contribution in [1.29, 1.82) is 0 Å². The zero-order valence-electron chi connectivity index (χ0n) is 25.5. The summed E-state index contributed by atoms with van der Waals surface area (Å²) >= 11 is 0. The molecule has 1 fully saturated rings. The van der Waals surface area contributed by atoms with Gasteiger partial charge < -0.3 is 25.5 Å². The lowest BCUT2D eigenvalue weighted by Crippen LogP contribution is -2.60. The predicted octanol–water partition coefficient (Wildman–Crippen LogP) is 5.53. The Morgan fingerprint density at radius 3 is 2.37 bits per heavy atom. The predicted molar refractivity (Wildman–Crippen MR) is 160 cm³/mol. The lowest BCUT2D eigenvalue weighted by atomic mass is 9.68. The molecule has 2 amide bonds. The largest absolute Gasteiger partial charge is 0.508 e. The van der Waals surface area contributed by atoms with E-state index in [1.54, 1.807) is 24.3 Å². The van der Waals surface area contributed by atoms with Gasteiger partial charge in [0.25, 0.3) is 0 Å².